The van der Waals surface area contributed by atoms with Crippen LogP contribution in [0.5, 0.6) is 0 Å². The number of thiophene rings is 1. The van der Waals surface area contributed by atoms with Gasteiger partial charge >= 0.3 is 5.97 Å². The molecule has 0 spiro atoms. The number of hydrogen-bond donors (Lipinski definition) is 1. The second kappa shape index (κ2) is 2.59. The monoisotopic (exact) mass is 182 g/mol. The molecule has 1 atom stereocenters. The van der Waals surface area contributed by atoms with E-state index >= 15 is 0 Å². The van der Waals surface area contributed by atoms with Crippen molar-refractivity contribution in [3.8, 4) is 0 Å². The number of carbonyl (C=O) groups is 1. The highest BCUT2D eigenvalue weighted by atomic mass is 32.1. The molecule has 12 heavy (non-hydrogen) atoms. The molecule has 0 radical (unpaired) electrons. The van der Waals surface area contributed by atoms with Gasteiger partial charge in [-0.05, 0) is 31.4 Å². The molecule has 0 saturated heterocycles. The third kappa shape index (κ3) is 1.05. The summed E-state index contributed by atoms with van der Waals surface area (Å²) in [5.41, 5.74) is 1.06. The van der Waals surface area contributed by atoms with E-state index < -0.39 is 5.97 Å². The molecule has 2 nitrogen and oxygen atoms in total. The Morgan fingerprint density at radius 2 is 2.50 bits per heavy atom. The van der Waals surface area contributed by atoms with Crippen molar-refractivity contribution in [3.05, 3.63) is 21.4 Å². The third-order valence-electron chi connectivity index (χ3n) is 2.30. The molecule has 1 N–H and O–H groups in total. The molecule has 0 fully saturated rings. The van der Waals surface area contributed by atoms with Crippen LogP contribution in [0, 0.1) is 6.92 Å². The van der Waals surface area contributed by atoms with Crippen LogP contribution < -0.4 is 0 Å². The fourth-order valence-electron chi connectivity index (χ4n) is 1.76. The van der Waals surface area contributed by atoms with Gasteiger partial charge in [-0.2, -0.15) is 0 Å². The SMILES string of the molecule is Cc1cc2c(s1)CCC2C(=O)O. The van der Waals surface area contributed by atoms with Crippen molar-refractivity contribution in [3.63, 3.8) is 0 Å². The van der Waals surface area contributed by atoms with Crippen molar-refractivity contribution in [2.45, 2.75) is 25.7 Å². The highest BCUT2D eigenvalue weighted by Gasteiger charge is 2.29. The van der Waals surface area contributed by atoms with Crippen molar-refractivity contribution in [2.24, 2.45) is 0 Å². The first-order chi connectivity index (χ1) is 5.68. The molecular weight excluding hydrogens is 172 g/mol. The lowest BCUT2D eigenvalue weighted by atomic mass is 10.0. The largest absolute Gasteiger partial charge is 0.481 e. The van der Waals surface area contributed by atoms with Crippen LogP contribution in [0.1, 0.15) is 27.7 Å². The summed E-state index contributed by atoms with van der Waals surface area (Å²) in [5.74, 6) is -0.906. The van der Waals surface area contributed by atoms with E-state index in [2.05, 4.69) is 0 Å². The molecular formula is C9H10O2S. The summed E-state index contributed by atoms with van der Waals surface area (Å²) >= 11 is 1.73. The van der Waals surface area contributed by atoms with E-state index in [1.165, 1.54) is 9.75 Å². The fourth-order valence-corrected chi connectivity index (χ4v) is 2.87. The second-order valence-corrected chi connectivity index (χ2v) is 4.51. The maximum absolute atomic E-state index is 10.8. The molecule has 1 heterocycles. The highest BCUT2D eigenvalue weighted by molar-refractivity contribution is 7.12. The van der Waals surface area contributed by atoms with E-state index in [9.17, 15) is 4.79 Å². The number of fused-ring (bicyclic) bond motifs is 1. The van der Waals surface area contributed by atoms with Crippen LogP contribution in [0.15, 0.2) is 6.07 Å². The van der Waals surface area contributed by atoms with Gasteiger partial charge in [-0.15, -0.1) is 11.3 Å². The molecule has 1 aromatic rings. The van der Waals surface area contributed by atoms with Crippen molar-refractivity contribution < 1.29 is 9.90 Å². The average molecular weight is 182 g/mol. The number of rotatable bonds is 1. The van der Waals surface area contributed by atoms with Gasteiger partial charge in [0.05, 0.1) is 5.92 Å². The van der Waals surface area contributed by atoms with E-state index in [0.29, 0.717) is 0 Å². The molecule has 1 aliphatic rings. The number of aliphatic carboxylic acids is 1. The molecule has 0 saturated carbocycles. The summed E-state index contributed by atoms with van der Waals surface area (Å²) in [7, 11) is 0. The van der Waals surface area contributed by atoms with Crippen LogP contribution in [0.4, 0.5) is 0 Å². The maximum atomic E-state index is 10.8. The molecule has 0 amide bonds. The fraction of sp³-hybridized carbons (Fsp3) is 0.444. The highest BCUT2D eigenvalue weighted by Crippen LogP contribution is 2.38. The van der Waals surface area contributed by atoms with Gasteiger partial charge in [-0.3, -0.25) is 4.79 Å². The minimum absolute atomic E-state index is 0.232. The minimum Gasteiger partial charge on any atom is -0.481 e. The third-order valence-corrected chi connectivity index (χ3v) is 3.42. The first-order valence-corrected chi connectivity index (χ1v) is 4.82. The zero-order chi connectivity index (χ0) is 8.72. The molecule has 0 aliphatic heterocycles. The van der Waals surface area contributed by atoms with Crippen LogP contribution in [0.2, 0.25) is 0 Å². The first-order valence-electron chi connectivity index (χ1n) is 4.00. The predicted octanol–water partition coefficient (Wildman–Crippen LogP) is 2.17. The topological polar surface area (TPSA) is 37.3 Å². The summed E-state index contributed by atoms with van der Waals surface area (Å²) < 4.78 is 0. The number of hydrogen-bond acceptors (Lipinski definition) is 2. The summed E-state index contributed by atoms with van der Waals surface area (Å²) in [5, 5.41) is 8.87. The van der Waals surface area contributed by atoms with Crippen LogP contribution in [-0.2, 0) is 11.2 Å². The summed E-state index contributed by atoms with van der Waals surface area (Å²) in [6.07, 6.45) is 1.74. The van der Waals surface area contributed by atoms with E-state index in [-0.39, 0.29) is 5.92 Å². The Morgan fingerprint density at radius 3 is 3.17 bits per heavy atom. The Labute approximate surface area is 74.8 Å². The van der Waals surface area contributed by atoms with Crippen LogP contribution in [0.3, 0.4) is 0 Å². The quantitative estimate of drug-likeness (QED) is 0.722. The van der Waals surface area contributed by atoms with E-state index in [0.717, 1.165) is 18.4 Å². The van der Waals surface area contributed by atoms with Crippen LogP contribution in [-0.4, -0.2) is 11.1 Å². The van der Waals surface area contributed by atoms with Crippen molar-refractivity contribution in [1.29, 1.82) is 0 Å². The summed E-state index contributed by atoms with van der Waals surface area (Å²) in [6, 6.07) is 2.02. The van der Waals surface area contributed by atoms with Gasteiger partial charge in [0.2, 0.25) is 0 Å². The minimum atomic E-state index is -0.674. The molecule has 64 valence electrons. The van der Waals surface area contributed by atoms with Gasteiger partial charge in [0.1, 0.15) is 0 Å². The second-order valence-electron chi connectivity index (χ2n) is 3.17. The van der Waals surface area contributed by atoms with E-state index in [1.807, 2.05) is 13.0 Å². The lowest BCUT2D eigenvalue weighted by Gasteiger charge is -2.01. The first kappa shape index (κ1) is 7.80. The number of aryl methyl sites for hydroxylation is 2. The number of carboxylic acids is 1. The Balaban J connectivity index is 2.41. The predicted molar refractivity (Wildman–Crippen MR) is 47.8 cm³/mol. The Hall–Kier alpha value is -0.830. The van der Waals surface area contributed by atoms with E-state index in [4.69, 9.17) is 5.11 Å². The van der Waals surface area contributed by atoms with Gasteiger partial charge in [-0.1, -0.05) is 0 Å². The smallest absolute Gasteiger partial charge is 0.311 e. The van der Waals surface area contributed by atoms with Crippen LogP contribution >= 0.6 is 11.3 Å². The Bertz CT molecular complexity index is 327. The van der Waals surface area contributed by atoms with E-state index in [1.54, 1.807) is 11.3 Å². The van der Waals surface area contributed by atoms with Gasteiger partial charge in [-0.25, -0.2) is 0 Å². The molecule has 0 aromatic carbocycles. The van der Waals surface area contributed by atoms with Crippen LogP contribution in [0.25, 0.3) is 0 Å². The van der Waals surface area contributed by atoms with Crippen molar-refractivity contribution in [2.75, 3.05) is 0 Å². The standard InChI is InChI=1S/C9H10O2S/c1-5-4-7-6(9(10)11)2-3-8(7)12-5/h4,6H,2-3H2,1H3,(H,10,11). The molecule has 3 heteroatoms. The lowest BCUT2D eigenvalue weighted by Crippen LogP contribution is -2.06. The normalized spacial score (nSPS) is 20.9. The molecule has 1 unspecified atom stereocenters. The Kier molecular flexibility index (Phi) is 1.68. The maximum Gasteiger partial charge on any atom is 0.311 e. The van der Waals surface area contributed by atoms with Gasteiger partial charge in [0, 0.05) is 9.75 Å². The van der Waals surface area contributed by atoms with Gasteiger partial charge < -0.3 is 5.11 Å². The van der Waals surface area contributed by atoms with Crippen molar-refractivity contribution in [1.82, 2.24) is 0 Å². The molecule has 0 bridgehead atoms. The molecule has 2 rings (SSSR count). The molecule has 1 aromatic heterocycles. The average Bonchev–Trinajstić information content (AvgIpc) is 2.43. The molecule has 1 aliphatic carbocycles. The zero-order valence-corrected chi connectivity index (χ0v) is 7.65. The number of carboxylic acid groups (broad SMARTS) is 1. The lowest BCUT2D eigenvalue weighted by molar-refractivity contribution is -0.138. The van der Waals surface area contributed by atoms with Gasteiger partial charge in [0.15, 0.2) is 0 Å². The van der Waals surface area contributed by atoms with Gasteiger partial charge in [0.25, 0.3) is 0 Å². The van der Waals surface area contributed by atoms with Crippen molar-refractivity contribution >= 4 is 17.3 Å². The Morgan fingerprint density at radius 1 is 1.75 bits per heavy atom. The summed E-state index contributed by atoms with van der Waals surface area (Å²) in [4.78, 5) is 13.3. The summed E-state index contributed by atoms with van der Waals surface area (Å²) in [6.45, 7) is 2.03. The zero-order valence-electron chi connectivity index (χ0n) is 6.83.